The molecule has 1 aromatic rings. The second kappa shape index (κ2) is 7.97. The van der Waals surface area contributed by atoms with Gasteiger partial charge in [0.2, 0.25) is 11.8 Å². The summed E-state index contributed by atoms with van der Waals surface area (Å²) in [6.45, 7) is 5.19. The van der Waals surface area contributed by atoms with E-state index in [4.69, 9.17) is 4.74 Å². The van der Waals surface area contributed by atoms with Crippen LogP contribution in [0.15, 0.2) is 24.3 Å². The lowest BCUT2D eigenvalue weighted by Crippen LogP contribution is -2.39. The molecule has 1 fully saturated rings. The maximum absolute atomic E-state index is 11.8. The molecule has 1 atom stereocenters. The van der Waals surface area contributed by atoms with Crippen LogP contribution in [0.2, 0.25) is 0 Å². The topological polar surface area (TPSA) is 55.4 Å². The number of hydrogen-bond donors (Lipinski definition) is 1. The van der Waals surface area contributed by atoms with Crippen molar-refractivity contribution in [2.45, 2.75) is 51.9 Å². The molecule has 4 nitrogen and oxygen atoms in total. The lowest BCUT2D eigenvalue weighted by atomic mass is 9.90. The van der Waals surface area contributed by atoms with Crippen molar-refractivity contribution in [3.63, 3.8) is 0 Å². The molecule has 22 heavy (non-hydrogen) atoms. The summed E-state index contributed by atoms with van der Waals surface area (Å²) < 4.78 is 5.72. The van der Waals surface area contributed by atoms with Crippen LogP contribution in [-0.2, 0) is 9.59 Å². The van der Waals surface area contributed by atoms with E-state index in [1.54, 1.807) is 0 Å². The van der Waals surface area contributed by atoms with Gasteiger partial charge >= 0.3 is 0 Å². The molecule has 4 heteroatoms. The number of hydrogen-bond acceptors (Lipinski definition) is 3. The van der Waals surface area contributed by atoms with Gasteiger partial charge in [-0.05, 0) is 42.9 Å². The SMILES string of the molecule is CC(C)CCCCOc1ccc([C@H]2CCC(=O)NC2=O)cc1. The zero-order valence-electron chi connectivity index (χ0n) is 13.4. The Morgan fingerprint density at radius 3 is 2.55 bits per heavy atom. The van der Waals surface area contributed by atoms with Gasteiger partial charge in [0.1, 0.15) is 5.75 Å². The van der Waals surface area contributed by atoms with Crippen molar-refractivity contribution in [3.8, 4) is 5.75 Å². The molecule has 0 radical (unpaired) electrons. The van der Waals surface area contributed by atoms with Crippen molar-refractivity contribution in [2.24, 2.45) is 5.92 Å². The summed E-state index contributed by atoms with van der Waals surface area (Å²) in [5.41, 5.74) is 0.942. The van der Waals surface area contributed by atoms with Crippen molar-refractivity contribution in [2.75, 3.05) is 6.61 Å². The minimum absolute atomic E-state index is 0.178. The molecule has 0 aromatic heterocycles. The van der Waals surface area contributed by atoms with E-state index in [0.717, 1.165) is 30.3 Å². The molecule has 1 saturated heterocycles. The van der Waals surface area contributed by atoms with E-state index < -0.39 is 0 Å². The molecule has 0 saturated carbocycles. The smallest absolute Gasteiger partial charge is 0.234 e. The van der Waals surface area contributed by atoms with Gasteiger partial charge in [-0.1, -0.05) is 32.4 Å². The normalized spacial score (nSPS) is 18.4. The van der Waals surface area contributed by atoms with Crippen molar-refractivity contribution in [1.82, 2.24) is 5.32 Å². The minimum atomic E-state index is -0.224. The Bertz CT molecular complexity index is 508. The highest BCUT2D eigenvalue weighted by Gasteiger charge is 2.27. The summed E-state index contributed by atoms with van der Waals surface area (Å²) in [6, 6.07) is 7.65. The Labute approximate surface area is 132 Å². The number of imide groups is 1. The van der Waals surface area contributed by atoms with Gasteiger partial charge in [-0.25, -0.2) is 0 Å². The molecule has 2 amide bonds. The van der Waals surface area contributed by atoms with Gasteiger partial charge in [-0.15, -0.1) is 0 Å². The standard InChI is InChI=1S/C18H25NO3/c1-13(2)5-3-4-12-22-15-8-6-14(7-9-15)16-10-11-17(20)19-18(16)21/h6-9,13,16H,3-5,10-12H2,1-2H3,(H,19,20,21)/t16-/m1/s1. The van der Waals surface area contributed by atoms with Gasteiger partial charge in [0.15, 0.2) is 0 Å². The van der Waals surface area contributed by atoms with Crippen LogP contribution in [-0.4, -0.2) is 18.4 Å². The van der Waals surface area contributed by atoms with Crippen molar-refractivity contribution in [3.05, 3.63) is 29.8 Å². The second-order valence-corrected chi connectivity index (χ2v) is 6.31. The first-order chi connectivity index (χ1) is 10.6. The Morgan fingerprint density at radius 1 is 1.18 bits per heavy atom. The number of benzene rings is 1. The fourth-order valence-electron chi connectivity index (χ4n) is 2.65. The number of nitrogens with one attached hydrogen (secondary N) is 1. The number of carbonyl (C=O) groups excluding carboxylic acids is 2. The first-order valence-electron chi connectivity index (χ1n) is 8.12. The van der Waals surface area contributed by atoms with Crippen LogP contribution in [0.5, 0.6) is 5.75 Å². The van der Waals surface area contributed by atoms with Gasteiger partial charge in [-0.2, -0.15) is 0 Å². The van der Waals surface area contributed by atoms with Gasteiger partial charge in [0.05, 0.1) is 12.5 Å². The summed E-state index contributed by atoms with van der Waals surface area (Å²) in [4.78, 5) is 23.0. The first-order valence-corrected chi connectivity index (χ1v) is 8.12. The predicted octanol–water partition coefficient (Wildman–Crippen LogP) is 3.41. The maximum atomic E-state index is 11.8. The third kappa shape index (κ3) is 4.86. The van der Waals surface area contributed by atoms with E-state index in [0.29, 0.717) is 12.8 Å². The number of ether oxygens (including phenoxy) is 1. The average molecular weight is 303 g/mol. The molecular formula is C18H25NO3. The molecule has 0 bridgehead atoms. The zero-order chi connectivity index (χ0) is 15.9. The highest BCUT2D eigenvalue weighted by molar-refractivity contribution is 6.00. The summed E-state index contributed by atoms with van der Waals surface area (Å²) in [7, 11) is 0. The van der Waals surface area contributed by atoms with Gasteiger partial charge in [-0.3, -0.25) is 14.9 Å². The van der Waals surface area contributed by atoms with Crippen LogP contribution in [0.25, 0.3) is 0 Å². The molecule has 1 aliphatic rings. The van der Waals surface area contributed by atoms with Crippen LogP contribution in [0.3, 0.4) is 0 Å². The Hall–Kier alpha value is -1.84. The second-order valence-electron chi connectivity index (χ2n) is 6.31. The Morgan fingerprint density at radius 2 is 1.91 bits per heavy atom. The monoisotopic (exact) mass is 303 g/mol. The molecule has 1 heterocycles. The van der Waals surface area contributed by atoms with Crippen LogP contribution < -0.4 is 10.1 Å². The largest absolute Gasteiger partial charge is 0.494 e. The van der Waals surface area contributed by atoms with Gasteiger partial charge in [0, 0.05) is 6.42 Å². The van der Waals surface area contributed by atoms with E-state index in [1.165, 1.54) is 12.8 Å². The number of rotatable bonds is 7. The molecule has 2 rings (SSSR count). The molecule has 0 unspecified atom stereocenters. The first kappa shape index (κ1) is 16.5. The zero-order valence-corrected chi connectivity index (χ0v) is 13.4. The number of amides is 2. The van der Waals surface area contributed by atoms with E-state index in [-0.39, 0.29) is 17.7 Å². The maximum Gasteiger partial charge on any atom is 0.234 e. The van der Waals surface area contributed by atoms with Crippen molar-refractivity contribution < 1.29 is 14.3 Å². The van der Waals surface area contributed by atoms with Crippen LogP contribution >= 0.6 is 0 Å². The lowest BCUT2D eigenvalue weighted by molar-refractivity contribution is -0.134. The van der Waals surface area contributed by atoms with Gasteiger partial charge < -0.3 is 4.74 Å². The van der Waals surface area contributed by atoms with E-state index in [2.05, 4.69) is 19.2 Å². The highest BCUT2D eigenvalue weighted by atomic mass is 16.5. The lowest BCUT2D eigenvalue weighted by Gasteiger charge is -2.21. The summed E-state index contributed by atoms with van der Waals surface area (Å²) in [5, 5.41) is 2.39. The number of unbranched alkanes of at least 4 members (excludes halogenated alkanes) is 1. The highest BCUT2D eigenvalue weighted by Crippen LogP contribution is 2.26. The van der Waals surface area contributed by atoms with E-state index >= 15 is 0 Å². The predicted molar refractivity (Wildman–Crippen MR) is 85.8 cm³/mol. The Balaban J connectivity index is 1.80. The number of piperidine rings is 1. The molecule has 0 spiro atoms. The minimum Gasteiger partial charge on any atom is -0.494 e. The molecular weight excluding hydrogens is 278 g/mol. The van der Waals surface area contributed by atoms with Crippen LogP contribution in [0.1, 0.15) is 57.4 Å². The molecule has 1 aliphatic heterocycles. The third-order valence-corrected chi connectivity index (χ3v) is 3.97. The van der Waals surface area contributed by atoms with Crippen molar-refractivity contribution in [1.29, 1.82) is 0 Å². The van der Waals surface area contributed by atoms with Gasteiger partial charge in [0.25, 0.3) is 0 Å². The summed E-state index contributed by atoms with van der Waals surface area (Å²) in [5.74, 6) is 0.979. The third-order valence-electron chi connectivity index (χ3n) is 3.97. The molecule has 1 aromatic carbocycles. The van der Waals surface area contributed by atoms with E-state index in [1.807, 2.05) is 24.3 Å². The quantitative estimate of drug-likeness (QED) is 0.620. The van der Waals surface area contributed by atoms with Crippen molar-refractivity contribution >= 4 is 11.8 Å². The summed E-state index contributed by atoms with van der Waals surface area (Å²) >= 11 is 0. The molecule has 0 aliphatic carbocycles. The Kier molecular flexibility index (Phi) is 5.99. The average Bonchev–Trinajstić information content (AvgIpc) is 2.47. The molecule has 120 valence electrons. The fraction of sp³-hybridized carbons (Fsp3) is 0.556. The fourth-order valence-corrected chi connectivity index (χ4v) is 2.65. The summed E-state index contributed by atoms with van der Waals surface area (Å²) in [6.07, 6.45) is 4.47. The molecule has 1 N–H and O–H groups in total. The number of carbonyl (C=O) groups is 2. The van der Waals surface area contributed by atoms with Crippen LogP contribution in [0, 0.1) is 5.92 Å². The van der Waals surface area contributed by atoms with E-state index in [9.17, 15) is 9.59 Å². The van der Waals surface area contributed by atoms with Crippen LogP contribution in [0.4, 0.5) is 0 Å².